The Morgan fingerprint density at radius 3 is 2.42 bits per heavy atom. The number of amides is 1. The van der Waals surface area contributed by atoms with Crippen LogP contribution in [0.4, 0.5) is 0 Å². The summed E-state index contributed by atoms with van der Waals surface area (Å²) < 4.78 is 30.6. The van der Waals surface area contributed by atoms with Gasteiger partial charge >= 0.3 is 5.97 Å². The number of carboxylic acid groups (broad SMARTS) is 1. The molecule has 8 heteroatoms. The smallest absolute Gasteiger partial charge is 0.306 e. The first-order valence-corrected chi connectivity index (χ1v) is 10.4. The van der Waals surface area contributed by atoms with Crippen molar-refractivity contribution in [1.29, 1.82) is 0 Å². The van der Waals surface area contributed by atoms with Gasteiger partial charge in [0.2, 0.25) is 0 Å². The lowest BCUT2D eigenvalue weighted by molar-refractivity contribution is -0.141. The van der Waals surface area contributed by atoms with Crippen LogP contribution in [0.3, 0.4) is 0 Å². The maximum absolute atomic E-state index is 12.6. The Kier molecular flexibility index (Phi) is 5.62. The van der Waals surface area contributed by atoms with Crippen molar-refractivity contribution < 1.29 is 27.9 Å². The lowest BCUT2D eigenvalue weighted by atomic mass is 10.1. The monoisotopic (exact) mass is 381 g/mol. The highest BCUT2D eigenvalue weighted by Crippen LogP contribution is 2.29. The Hall–Kier alpha value is -1.93. The molecular formula is C18H23NO6S. The van der Waals surface area contributed by atoms with Crippen LogP contribution in [0.15, 0.2) is 29.2 Å². The highest BCUT2D eigenvalue weighted by Gasteiger charge is 2.31. The van der Waals surface area contributed by atoms with Crippen LogP contribution in [0, 0.1) is 0 Å². The van der Waals surface area contributed by atoms with Crippen molar-refractivity contribution in [3.63, 3.8) is 0 Å². The minimum Gasteiger partial charge on any atom is -0.481 e. The molecule has 1 heterocycles. The van der Waals surface area contributed by atoms with Crippen LogP contribution in [0.25, 0.3) is 0 Å². The third-order valence-corrected chi connectivity index (χ3v) is 7.28. The fourth-order valence-corrected chi connectivity index (χ4v) is 5.44. The Morgan fingerprint density at radius 1 is 1.15 bits per heavy atom. The Labute approximate surface area is 152 Å². The van der Waals surface area contributed by atoms with Crippen LogP contribution in [0.2, 0.25) is 0 Å². The van der Waals surface area contributed by atoms with Crippen LogP contribution in [0.5, 0.6) is 0 Å². The van der Waals surface area contributed by atoms with E-state index in [1.54, 1.807) is 4.90 Å². The average Bonchev–Trinajstić information content (AvgIpc) is 3.16. The van der Waals surface area contributed by atoms with E-state index in [1.807, 2.05) is 0 Å². The van der Waals surface area contributed by atoms with Gasteiger partial charge in [-0.3, -0.25) is 9.59 Å². The first kappa shape index (κ1) is 18.8. The second-order valence-electron chi connectivity index (χ2n) is 6.82. The number of carboxylic acids is 1. The Bertz CT molecular complexity index is 767. The molecule has 1 aliphatic carbocycles. The number of carbonyl (C=O) groups is 2. The summed E-state index contributed by atoms with van der Waals surface area (Å²) in [5.74, 6) is -1.21. The van der Waals surface area contributed by atoms with Gasteiger partial charge in [-0.15, -0.1) is 0 Å². The Balaban J connectivity index is 1.70. The minimum absolute atomic E-state index is 0.150. The van der Waals surface area contributed by atoms with Gasteiger partial charge in [-0.2, -0.15) is 0 Å². The molecule has 26 heavy (non-hydrogen) atoms. The van der Waals surface area contributed by atoms with Gasteiger partial charge in [0.05, 0.1) is 29.3 Å². The van der Waals surface area contributed by atoms with Gasteiger partial charge in [-0.25, -0.2) is 8.42 Å². The van der Waals surface area contributed by atoms with E-state index in [0.29, 0.717) is 24.9 Å². The standard InChI is InChI=1S/C18H23NO6S/c20-17(21)11-14-12-19(9-10-25-14)18(22)13-5-7-16(8-6-13)26(23,24)15-3-1-2-4-15/h5-8,14-15H,1-4,9-12H2,(H,20,21). The molecule has 3 rings (SSSR count). The van der Waals surface area contributed by atoms with Crippen LogP contribution < -0.4 is 0 Å². The van der Waals surface area contributed by atoms with E-state index in [4.69, 9.17) is 9.84 Å². The average molecular weight is 381 g/mol. The fourth-order valence-electron chi connectivity index (χ4n) is 3.58. The third-order valence-electron chi connectivity index (χ3n) is 5.00. The number of morpholine rings is 1. The van der Waals surface area contributed by atoms with E-state index < -0.39 is 21.9 Å². The molecule has 0 bridgehead atoms. The summed E-state index contributed by atoms with van der Waals surface area (Å²) in [6, 6.07) is 6.06. The number of ether oxygens (including phenoxy) is 1. The molecule has 2 aliphatic rings. The molecular weight excluding hydrogens is 358 g/mol. The van der Waals surface area contributed by atoms with E-state index in [2.05, 4.69) is 0 Å². The number of carbonyl (C=O) groups excluding carboxylic acids is 1. The van der Waals surface area contributed by atoms with Gasteiger partial charge in [0.15, 0.2) is 9.84 Å². The summed E-state index contributed by atoms with van der Waals surface area (Å²) in [6.45, 7) is 0.891. The van der Waals surface area contributed by atoms with Crippen molar-refractivity contribution in [3.8, 4) is 0 Å². The SMILES string of the molecule is O=C(O)CC1CN(C(=O)c2ccc(S(=O)(=O)C3CCCC3)cc2)CCO1. The molecule has 7 nitrogen and oxygen atoms in total. The second-order valence-corrected chi connectivity index (χ2v) is 9.05. The van der Waals surface area contributed by atoms with Crippen LogP contribution in [-0.4, -0.2) is 61.4 Å². The summed E-state index contributed by atoms with van der Waals surface area (Å²) >= 11 is 0. The molecule has 0 aromatic heterocycles. The number of aliphatic carboxylic acids is 1. The molecule has 1 N–H and O–H groups in total. The van der Waals surface area contributed by atoms with E-state index >= 15 is 0 Å². The van der Waals surface area contributed by atoms with Crippen molar-refractivity contribution in [3.05, 3.63) is 29.8 Å². The predicted molar refractivity (Wildman–Crippen MR) is 93.8 cm³/mol. The number of nitrogens with zero attached hydrogens (tertiary/aromatic N) is 1. The maximum atomic E-state index is 12.6. The van der Waals surface area contributed by atoms with E-state index in [9.17, 15) is 18.0 Å². The highest BCUT2D eigenvalue weighted by molar-refractivity contribution is 7.92. The van der Waals surface area contributed by atoms with Gasteiger partial charge in [0.25, 0.3) is 5.91 Å². The molecule has 1 aliphatic heterocycles. The molecule has 2 fully saturated rings. The van der Waals surface area contributed by atoms with Crippen molar-refractivity contribution in [2.45, 2.75) is 48.4 Å². The summed E-state index contributed by atoms with van der Waals surface area (Å²) in [5.41, 5.74) is 0.395. The molecule has 0 radical (unpaired) electrons. The van der Waals surface area contributed by atoms with Crippen LogP contribution >= 0.6 is 0 Å². The van der Waals surface area contributed by atoms with E-state index in [0.717, 1.165) is 12.8 Å². The first-order chi connectivity index (χ1) is 12.4. The number of sulfone groups is 1. The molecule has 1 amide bonds. The number of benzene rings is 1. The Morgan fingerprint density at radius 2 is 1.81 bits per heavy atom. The number of hydrogen-bond donors (Lipinski definition) is 1. The zero-order valence-electron chi connectivity index (χ0n) is 14.5. The molecule has 0 spiro atoms. The van der Waals surface area contributed by atoms with Gasteiger partial charge < -0.3 is 14.7 Å². The molecule has 142 valence electrons. The normalized spacial score (nSPS) is 21.7. The van der Waals surface area contributed by atoms with E-state index in [-0.39, 0.29) is 35.6 Å². The zero-order valence-corrected chi connectivity index (χ0v) is 15.3. The van der Waals surface area contributed by atoms with Gasteiger partial charge in [0, 0.05) is 18.7 Å². The van der Waals surface area contributed by atoms with Crippen molar-refractivity contribution in [2.75, 3.05) is 19.7 Å². The zero-order chi connectivity index (χ0) is 18.7. The molecule has 1 aromatic carbocycles. The lowest BCUT2D eigenvalue weighted by Crippen LogP contribution is -2.46. The summed E-state index contributed by atoms with van der Waals surface area (Å²) in [5, 5.41) is 8.54. The fraction of sp³-hybridized carbons (Fsp3) is 0.556. The maximum Gasteiger partial charge on any atom is 0.306 e. The topological polar surface area (TPSA) is 101 Å². The van der Waals surface area contributed by atoms with Gasteiger partial charge in [-0.05, 0) is 37.1 Å². The largest absolute Gasteiger partial charge is 0.481 e. The second kappa shape index (κ2) is 7.75. The molecule has 1 saturated heterocycles. The summed E-state index contributed by atoms with van der Waals surface area (Å²) in [6.07, 6.45) is 2.60. The molecule has 1 atom stereocenters. The van der Waals surface area contributed by atoms with E-state index in [1.165, 1.54) is 24.3 Å². The molecule has 1 aromatic rings. The van der Waals surface area contributed by atoms with Gasteiger partial charge in [-0.1, -0.05) is 12.8 Å². The summed E-state index contributed by atoms with van der Waals surface area (Å²) in [7, 11) is -3.34. The van der Waals surface area contributed by atoms with Crippen molar-refractivity contribution >= 4 is 21.7 Å². The van der Waals surface area contributed by atoms with Crippen molar-refractivity contribution in [1.82, 2.24) is 4.90 Å². The predicted octanol–water partition coefficient (Wildman–Crippen LogP) is 1.72. The van der Waals surface area contributed by atoms with Crippen molar-refractivity contribution in [2.24, 2.45) is 0 Å². The number of rotatable bonds is 5. The highest BCUT2D eigenvalue weighted by atomic mass is 32.2. The minimum atomic E-state index is -3.34. The molecule has 1 saturated carbocycles. The van der Waals surface area contributed by atoms with Crippen LogP contribution in [0.1, 0.15) is 42.5 Å². The van der Waals surface area contributed by atoms with Crippen LogP contribution in [-0.2, 0) is 19.4 Å². The van der Waals surface area contributed by atoms with Gasteiger partial charge in [0.1, 0.15) is 0 Å². The lowest BCUT2D eigenvalue weighted by Gasteiger charge is -2.32. The summed E-state index contributed by atoms with van der Waals surface area (Å²) in [4.78, 5) is 25.2. The quantitative estimate of drug-likeness (QED) is 0.833. The molecule has 1 unspecified atom stereocenters. The first-order valence-electron chi connectivity index (χ1n) is 8.84. The third kappa shape index (κ3) is 4.07. The number of hydrogen-bond acceptors (Lipinski definition) is 5.